The molecule has 1 unspecified atom stereocenters. The zero-order chi connectivity index (χ0) is 5.98. The second-order valence-corrected chi connectivity index (χ2v) is 4.19. The Bertz CT molecular complexity index is 66.9. The molecule has 2 atom stereocenters. The summed E-state index contributed by atoms with van der Waals surface area (Å²) in [7, 11) is 0. The average molecular weight is 226 g/mol. The fraction of sp³-hybridized carbons (Fsp3) is 1.00. The Morgan fingerprint density at radius 3 is 2.75 bits per heavy atom. The van der Waals surface area contributed by atoms with E-state index < -0.39 is 0 Å². The Kier molecular flexibility index (Phi) is 2.56. The number of ether oxygens (including phenoxy) is 1. The Hall–Kier alpha value is 0.690. The van der Waals surface area contributed by atoms with Crippen LogP contribution in [0.3, 0.4) is 0 Å². The van der Waals surface area contributed by atoms with E-state index in [1.165, 1.54) is 12.8 Å². The summed E-state index contributed by atoms with van der Waals surface area (Å²) in [5.74, 6) is 0. The van der Waals surface area contributed by atoms with E-state index in [1.807, 2.05) is 0 Å². The van der Waals surface area contributed by atoms with Crippen molar-refractivity contribution in [3.63, 3.8) is 0 Å². The molecule has 0 bridgehead atoms. The molecule has 48 valence electrons. The highest BCUT2D eigenvalue weighted by molar-refractivity contribution is 14.1. The van der Waals surface area contributed by atoms with Crippen LogP contribution in [0.15, 0.2) is 0 Å². The van der Waals surface area contributed by atoms with Crippen molar-refractivity contribution < 1.29 is 4.74 Å². The van der Waals surface area contributed by atoms with E-state index in [0.717, 1.165) is 6.61 Å². The molecule has 1 heterocycles. The van der Waals surface area contributed by atoms with Crippen LogP contribution in [-0.4, -0.2) is 16.6 Å². The predicted octanol–water partition coefficient (Wildman–Crippen LogP) is 1.99. The summed E-state index contributed by atoms with van der Waals surface area (Å²) in [5, 5.41) is 0. The third kappa shape index (κ3) is 1.58. The van der Waals surface area contributed by atoms with E-state index in [0.29, 0.717) is 10.0 Å². The average Bonchev–Trinajstić information content (AvgIpc) is 2.12. The van der Waals surface area contributed by atoms with E-state index in [-0.39, 0.29) is 0 Å². The standard InChI is InChI=1S/C6H11IO/c1-5(7)6-3-2-4-8-6/h5-6H,2-4H2,1H3/t5?,6-/m0/s1. The van der Waals surface area contributed by atoms with Gasteiger partial charge >= 0.3 is 0 Å². The first-order valence-corrected chi connectivity index (χ1v) is 4.31. The summed E-state index contributed by atoms with van der Waals surface area (Å²) >= 11 is 2.42. The van der Waals surface area contributed by atoms with E-state index in [9.17, 15) is 0 Å². The molecule has 1 saturated heterocycles. The molecule has 0 N–H and O–H groups in total. The first kappa shape index (κ1) is 6.81. The molecule has 0 aromatic rings. The van der Waals surface area contributed by atoms with Gasteiger partial charge in [-0.1, -0.05) is 29.5 Å². The minimum Gasteiger partial charge on any atom is -0.377 e. The van der Waals surface area contributed by atoms with E-state index in [4.69, 9.17) is 4.74 Å². The number of hydrogen-bond acceptors (Lipinski definition) is 1. The zero-order valence-corrected chi connectivity index (χ0v) is 7.22. The molecular formula is C6H11IO. The van der Waals surface area contributed by atoms with Gasteiger partial charge in [0, 0.05) is 10.5 Å². The largest absolute Gasteiger partial charge is 0.377 e. The van der Waals surface area contributed by atoms with Crippen molar-refractivity contribution in [1.82, 2.24) is 0 Å². The van der Waals surface area contributed by atoms with Crippen LogP contribution in [0.1, 0.15) is 19.8 Å². The van der Waals surface area contributed by atoms with Gasteiger partial charge < -0.3 is 4.74 Å². The third-order valence-corrected chi connectivity index (χ3v) is 2.28. The fourth-order valence-electron chi connectivity index (χ4n) is 0.965. The summed E-state index contributed by atoms with van der Waals surface area (Å²) in [5.41, 5.74) is 0. The van der Waals surface area contributed by atoms with Gasteiger partial charge in [-0.15, -0.1) is 0 Å². The van der Waals surface area contributed by atoms with Crippen molar-refractivity contribution in [3.05, 3.63) is 0 Å². The van der Waals surface area contributed by atoms with Crippen molar-refractivity contribution in [2.24, 2.45) is 0 Å². The van der Waals surface area contributed by atoms with Crippen molar-refractivity contribution >= 4 is 22.6 Å². The Morgan fingerprint density at radius 1 is 1.75 bits per heavy atom. The maximum absolute atomic E-state index is 5.41. The van der Waals surface area contributed by atoms with Gasteiger partial charge in [0.05, 0.1) is 6.10 Å². The van der Waals surface area contributed by atoms with Crippen LogP contribution in [0.5, 0.6) is 0 Å². The lowest BCUT2D eigenvalue weighted by Gasteiger charge is -2.10. The lowest BCUT2D eigenvalue weighted by atomic mass is 10.2. The summed E-state index contributed by atoms with van der Waals surface area (Å²) in [4.78, 5) is 0. The van der Waals surface area contributed by atoms with Crippen LogP contribution >= 0.6 is 22.6 Å². The van der Waals surface area contributed by atoms with Gasteiger partial charge in [0.2, 0.25) is 0 Å². The van der Waals surface area contributed by atoms with Gasteiger partial charge in [-0.2, -0.15) is 0 Å². The van der Waals surface area contributed by atoms with Gasteiger partial charge in [-0.25, -0.2) is 0 Å². The highest BCUT2D eigenvalue weighted by atomic mass is 127. The van der Waals surface area contributed by atoms with E-state index in [2.05, 4.69) is 29.5 Å². The number of alkyl halides is 1. The molecular weight excluding hydrogens is 215 g/mol. The zero-order valence-electron chi connectivity index (χ0n) is 5.06. The molecule has 0 amide bonds. The summed E-state index contributed by atoms with van der Waals surface area (Å²) < 4.78 is 6.10. The molecule has 1 aliphatic heterocycles. The van der Waals surface area contributed by atoms with Gasteiger partial charge in [0.1, 0.15) is 0 Å². The van der Waals surface area contributed by atoms with Crippen molar-refractivity contribution in [3.8, 4) is 0 Å². The van der Waals surface area contributed by atoms with E-state index in [1.54, 1.807) is 0 Å². The second-order valence-electron chi connectivity index (χ2n) is 2.23. The summed E-state index contributed by atoms with van der Waals surface area (Å²) in [6, 6.07) is 0. The number of rotatable bonds is 1. The van der Waals surface area contributed by atoms with Gasteiger partial charge in [0.15, 0.2) is 0 Å². The second kappa shape index (κ2) is 3.01. The molecule has 0 aromatic heterocycles. The highest BCUT2D eigenvalue weighted by Crippen LogP contribution is 2.20. The minimum atomic E-state index is 0.551. The van der Waals surface area contributed by atoms with Crippen molar-refractivity contribution in [2.75, 3.05) is 6.61 Å². The van der Waals surface area contributed by atoms with Crippen LogP contribution in [0, 0.1) is 0 Å². The molecule has 0 radical (unpaired) electrons. The van der Waals surface area contributed by atoms with Crippen LogP contribution < -0.4 is 0 Å². The molecule has 1 aliphatic rings. The number of halogens is 1. The molecule has 1 rings (SSSR count). The van der Waals surface area contributed by atoms with E-state index >= 15 is 0 Å². The summed E-state index contributed by atoms with van der Waals surface area (Å²) in [6.45, 7) is 3.19. The Morgan fingerprint density at radius 2 is 2.50 bits per heavy atom. The van der Waals surface area contributed by atoms with Gasteiger partial charge in [0.25, 0.3) is 0 Å². The molecule has 1 fully saturated rings. The normalized spacial score (nSPS) is 33.0. The van der Waals surface area contributed by atoms with Gasteiger partial charge in [-0.3, -0.25) is 0 Å². The third-order valence-electron chi connectivity index (χ3n) is 1.48. The smallest absolute Gasteiger partial charge is 0.0690 e. The van der Waals surface area contributed by atoms with Crippen LogP contribution in [0.4, 0.5) is 0 Å². The SMILES string of the molecule is CC(I)[C@@H]1CCCO1. The highest BCUT2D eigenvalue weighted by Gasteiger charge is 2.19. The molecule has 0 saturated carbocycles. The predicted molar refractivity (Wildman–Crippen MR) is 42.5 cm³/mol. The molecule has 8 heavy (non-hydrogen) atoms. The lowest BCUT2D eigenvalue weighted by Crippen LogP contribution is -2.14. The first-order chi connectivity index (χ1) is 3.80. The molecule has 0 spiro atoms. The van der Waals surface area contributed by atoms with Crippen molar-refractivity contribution in [1.29, 1.82) is 0 Å². The maximum atomic E-state index is 5.41. The Labute approximate surface area is 63.9 Å². The van der Waals surface area contributed by atoms with Crippen LogP contribution in [0.2, 0.25) is 0 Å². The molecule has 2 heteroatoms. The van der Waals surface area contributed by atoms with Crippen LogP contribution in [-0.2, 0) is 4.74 Å². The number of hydrogen-bond donors (Lipinski definition) is 0. The van der Waals surface area contributed by atoms with Gasteiger partial charge in [-0.05, 0) is 12.8 Å². The monoisotopic (exact) mass is 226 g/mol. The van der Waals surface area contributed by atoms with Crippen molar-refractivity contribution in [2.45, 2.75) is 29.8 Å². The quantitative estimate of drug-likeness (QED) is 0.490. The maximum Gasteiger partial charge on any atom is 0.0690 e. The molecule has 1 nitrogen and oxygen atoms in total. The molecule has 0 aromatic carbocycles. The Balaban J connectivity index is 2.24. The summed E-state index contributed by atoms with van der Waals surface area (Å²) in [6.07, 6.45) is 3.08. The van der Waals surface area contributed by atoms with Crippen LogP contribution in [0.25, 0.3) is 0 Å². The molecule has 0 aliphatic carbocycles. The lowest BCUT2D eigenvalue weighted by molar-refractivity contribution is 0.115. The first-order valence-electron chi connectivity index (χ1n) is 3.06. The topological polar surface area (TPSA) is 9.23 Å². The minimum absolute atomic E-state index is 0.551. The fourth-order valence-corrected chi connectivity index (χ4v) is 1.53.